The molecule has 0 amide bonds. The van der Waals surface area contributed by atoms with Gasteiger partial charge in [-0.3, -0.25) is 9.98 Å². The van der Waals surface area contributed by atoms with Gasteiger partial charge in [-0.15, -0.1) is 0 Å². The average molecular weight is 280 g/mol. The lowest BCUT2D eigenvalue weighted by atomic mass is 10.1. The van der Waals surface area contributed by atoms with Crippen LogP contribution in [0.5, 0.6) is 0 Å². The number of allylic oxidation sites excluding steroid dienone is 1. The van der Waals surface area contributed by atoms with Gasteiger partial charge in [-0.2, -0.15) is 0 Å². The van der Waals surface area contributed by atoms with E-state index in [9.17, 15) is 0 Å². The van der Waals surface area contributed by atoms with E-state index in [1.54, 1.807) is 0 Å². The lowest BCUT2D eigenvalue weighted by Gasteiger charge is -2.28. The molecule has 0 bridgehead atoms. The Labute approximate surface area is 123 Å². The summed E-state index contributed by atoms with van der Waals surface area (Å²) < 4.78 is 5.40. The van der Waals surface area contributed by atoms with Gasteiger partial charge in [-0.05, 0) is 24.3 Å². The van der Waals surface area contributed by atoms with E-state index in [4.69, 9.17) is 9.72 Å². The van der Waals surface area contributed by atoms with Crippen LogP contribution < -0.4 is 4.90 Å². The molecule has 2 aromatic rings. The summed E-state index contributed by atoms with van der Waals surface area (Å²) >= 11 is 0. The SMILES string of the molecule is C1=CC(c2nccc3ccc(N4CCOCC4)nc23)=NC1. The third kappa shape index (κ3) is 2.29. The van der Waals surface area contributed by atoms with Crippen LogP contribution in [0.15, 0.2) is 41.5 Å². The summed E-state index contributed by atoms with van der Waals surface area (Å²) in [6.07, 6.45) is 5.88. The largest absolute Gasteiger partial charge is 0.378 e. The second-order valence-electron chi connectivity index (χ2n) is 5.13. The van der Waals surface area contributed by atoms with Gasteiger partial charge in [0.2, 0.25) is 0 Å². The van der Waals surface area contributed by atoms with E-state index in [-0.39, 0.29) is 0 Å². The fraction of sp³-hybridized carbons (Fsp3) is 0.312. The minimum absolute atomic E-state index is 0.733. The quantitative estimate of drug-likeness (QED) is 0.842. The molecule has 0 spiro atoms. The van der Waals surface area contributed by atoms with Gasteiger partial charge >= 0.3 is 0 Å². The van der Waals surface area contributed by atoms with Gasteiger partial charge < -0.3 is 9.64 Å². The highest BCUT2D eigenvalue weighted by molar-refractivity contribution is 6.14. The number of morpholine rings is 1. The van der Waals surface area contributed by atoms with E-state index in [0.29, 0.717) is 0 Å². The Hall–Kier alpha value is -2.27. The number of ether oxygens (including phenoxy) is 1. The molecular weight excluding hydrogens is 264 g/mol. The molecule has 4 heterocycles. The fourth-order valence-electron chi connectivity index (χ4n) is 2.71. The lowest BCUT2D eigenvalue weighted by Crippen LogP contribution is -2.36. The fourth-order valence-corrected chi connectivity index (χ4v) is 2.71. The van der Waals surface area contributed by atoms with Gasteiger partial charge in [0.05, 0.1) is 25.5 Å². The lowest BCUT2D eigenvalue weighted by molar-refractivity contribution is 0.122. The van der Waals surface area contributed by atoms with Crippen LogP contribution in [0, 0.1) is 0 Å². The third-order valence-electron chi connectivity index (χ3n) is 3.81. The van der Waals surface area contributed by atoms with Gasteiger partial charge in [0, 0.05) is 24.7 Å². The van der Waals surface area contributed by atoms with Crippen LogP contribution in [0.25, 0.3) is 10.9 Å². The van der Waals surface area contributed by atoms with Crippen LogP contribution in [0.1, 0.15) is 5.69 Å². The molecule has 106 valence electrons. The van der Waals surface area contributed by atoms with Crippen LogP contribution in [0.2, 0.25) is 0 Å². The highest BCUT2D eigenvalue weighted by Gasteiger charge is 2.15. The molecule has 0 N–H and O–H groups in total. The van der Waals surface area contributed by atoms with Crippen LogP contribution in [-0.4, -0.2) is 48.5 Å². The van der Waals surface area contributed by atoms with Crippen molar-refractivity contribution in [2.45, 2.75) is 0 Å². The number of hydrogen-bond donors (Lipinski definition) is 0. The summed E-state index contributed by atoms with van der Waals surface area (Å²) in [5, 5.41) is 1.10. The number of nitrogens with zero attached hydrogens (tertiary/aromatic N) is 4. The molecule has 1 saturated heterocycles. The Morgan fingerprint density at radius 3 is 2.81 bits per heavy atom. The van der Waals surface area contributed by atoms with Crippen molar-refractivity contribution < 1.29 is 4.74 Å². The normalized spacial score (nSPS) is 18.3. The minimum atomic E-state index is 0.733. The van der Waals surface area contributed by atoms with E-state index < -0.39 is 0 Å². The molecule has 0 aromatic carbocycles. The maximum atomic E-state index is 5.40. The van der Waals surface area contributed by atoms with Gasteiger partial charge in [-0.25, -0.2) is 4.98 Å². The highest BCUT2D eigenvalue weighted by atomic mass is 16.5. The molecule has 0 saturated carbocycles. The van der Waals surface area contributed by atoms with E-state index in [1.807, 2.05) is 24.4 Å². The Morgan fingerprint density at radius 1 is 1.10 bits per heavy atom. The van der Waals surface area contributed by atoms with E-state index in [1.165, 1.54) is 0 Å². The van der Waals surface area contributed by atoms with Crippen molar-refractivity contribution in [3.63, 3.8) is 0 Å². The first-order valence-electron chi connectivity index (χ1n) is 7.22. The number of anilines is 1. The Kier molecular flexibility index (Phi) is 3.12. The zero-order valence-electron chi connectivity index (χ0n) is 11.7. The summed E-state index contributed by atoms with van der Waals surface area (Å²) in [7, 11) is 0. The van der Waals surface area contributed by atoms with Crippen LogP contribution in [0.3, 0.4) is 0 Å². The van der Waals surface area contributed by atoms with Crippen molar-refractivity contribution in [2.75, 3.05) is 37.7 Å². The van der Waals surface area contributed by atoms with Gasteiger partial charge in [0.25, 0.3) is 0 Å². The summed E-state index contributed by atoms with van der Waals surface area (Å²) in [6.45, 7) is 4.02. The molecule has 2 aliphatic rings. The van der Waals surface area contributed by atoms with Crippen molar-refractivity contribution in [1.82, 2.24) is 9.97 Å². The predicted molar refractivity (Wildman–Crippen MR) is 83.1 cm³/mol. The maximum absolute atomic E-state index is 5.40. The van der Waals surface area contributed by atoms with E-state index >= 15 is 0 Å². The number of rotatable bonds is 2. The van der Waals surface area contributed by atoms with Gasteiger partial charge in [-0.1, -0.05) is 6.08 Å². The molecule has 0 unspecified atom stereocenters. The summed E-state index contributed by atoms with van der Waals surface area (Å²) in [6, 6.07) is 6.18. The van der Waals surface area contributed by atoms with Gasteiger partial charge in [0.15, 0.2) is 0 Å². The molecule has 0 atom stereocenters. The molecule has 2 aromatic heterocycles. The number of hydrogen-bond acceptors (Lipinski definition) is 5. The zero-order valence-corrected chi connectivity index (χ0v) is 11.7. The van der Waals surface area contributed by atoms with Crippen LogP contribution in [0.4, 0.5) is 5.82 Å². The average Bonchev–Trinajstić information content (AvgIpc) is 3.09. The highest BCUT2D eigenvalue weighted by Crippen LogP contribution is 2.22. The third-order valence-corrected chi connectivity index (χ3v) is 3.81. The van der Waals surface area contributed by atoms with Crippen LogP contribution in [-0.2, 0) is 4.74 Å². The second kappa shape index (κ2) is 5.26. The first kappa shape index (κ1) is 12.5. The van der Waals surface area contributed by atoms with Crippen molar-refractivity contribution >= 4 is 22.4 Å². The smallest absolute Gasteiger partial charge is 0.129 e. The van der Waals surface area contributed by atoms with Crippen molar-refractivity contribution in [3.8, 4) is 0 Å². The Bertz CT molecular complexity index is 732. The summed E-state index contributed by atoms with van der Waals surface area (Å²) in [4.78, 5) is 16.0. The summed E-state index contributed by atoms with van der Waals surface area (Å²) in [5.41, 5.74) is 2.72. The van der Waals surface area contributed by atoms with E-state index in [2.05, 4.69) is 27.0 Å². The minimum Gasteiger partial charge on any atom is -0.378 e. The first-order valence-corrected chi connectivity index (χ1v) is 7.22. The Morgan fingerprint density at radius 2 is 2.00 bits per heavy atom. The summed E-state index contributed by atoms with van der Waals surface area (Å²) in [5.74, 6) is 0.989. The maximum Gasteiger partial charge on any atom is 0.129 e. The number of pyridine rings is 2. The first-order chi connectivity index (χ1) is 10.4. The molecule has 4 rings (SSSR count). The predicted octanol–water partition coefficient (Wildman–Crippen LogP) is 1.83. The molecule has 0 aliphatic carbocycles. The van der Waals surface area contributed by atoms with Crippen molar-refractivity contribution in [3.05, 3.63) is 42.2 Å². The second-order valence-corrected chi connectivity index (χ2v) is 5.13. The zero-order chi connectivity index (χ0) is 14.1. The number of fused-ring (bicyclic) bond motifs is 1. The molecule has 5 nitrogen and oxygen atoms in total. The molecule has 21 heavy (non-hydrogen) atoms. The Balaban J connectivity index is 1.81. The molecule has 5 heteroatoms. The van der Waals surface area contributed by atoms with Crippen molar-refractivity contribution in [2.24, 2.45) is 4.99 Å². The molecule has 0 radical (unpaired) electrons. The van der Waals surface area contributed by atoms with E-state index in [0.717, 1.165) is 61.0 Å². The number of aliphatic imine (C=N–C) groups is 1. The monoisotopic (exact) mass is 280 g/mol. The number of aromatic nitrogens is 2. The molecule has 2 aliphatic heterocycles. The van der Waals surface area contributed by atoms with Crippen molar-refractivity contribution in [1.29, 1.82) is 0 Å². The van der Waals surface area contributed by atoms with Crippen LogP contribution >= 0.6 is 0 Å². The standard InChI is InChI=1S/C16H16N4O/c1-2-13(17-6-1)16-15-12(5-7-18-16)3-4-14(19-15)20-8-10-21-11-9-20/h1-5,7H,6,8-11H2. The molecular formula is C16H16N4O. The van der Waals surface area contributed by atoms with Gasteiger partial charge in [0.1, 0.15) is 17.0 Å². The topological polar surface area (TPSA) is 50.6 Å². The molecule has 1 fully saturated rings.